The lowest BCUT2D eigenvalue weighted by molar-refractivity contribution is 0.595. The molecular formula is C11H12N4O2S. The quantitative estimate of drug-likeness (QED) is 0.829. The fourth-order valence-electron chi connectivity index (χ4n) is 1.51. The predicted molar refractivity (Wildman–Crippen MR) is 67.5 cm³/mol. The van der Waals surface area contributed by atoms with Gasteiger partial charge in [0.1, 0.15) is 10.7 Å². The number of benzene rings is 1. The fourth-order valence-corrected chi connectivity index (χ4v) is 2.88. The van der Waals surface area contributed by atoms with Gasteiger partial charge in [-0.2, -0.15) is 4.98 Å². The minimum absolute atomic E-state index is 0.0595. The molecule has 7 heteroatoms. The molecule has 0 saturated carbocycles. The van der Waals surface area contributed by atoms with Crippen LogP contribution in [0, 0.1) is 6.92 Å². The van der Waals surface area contributed by atoms with Crippen LogP contribution in [0.4, 0.5) is 11.8 Å². The van der Waals surface area contributed by atoms with Gasteiger partial charge in [0.25, 0.3) is 0 Å². The Labute approximate surface area is 105 Å². The molecule has 4 N–H and O–H groups in total. The maximum absolute atomic E-state index is 12.3. The highest BCUT2D eigenvalue weighted by molar-refractivity contribution is 7.91. The van der Waals surface area contributed by atoms with Gasteiger partial charge in [-0.25, -0.2) is 13.4 Å². The average Bonchev–Trinajstić information content (AvgIpc) is 2.28. The first-order chi connectivity index (χ1) is 8.41. The predicted octanol–water partition coefficient (Wildman–Crippen LogP) is 0.782. The maximum atomic E-state index is 12.3. The summed E-state index contributed by atoms with van der Waals surface area (Å²) >= 11 is 0. The van der Waals surface area contributed by atoms with Gasteiger partial charge in [0.2, 0.25) is 15.8 Å². The number of sulfone groups is 1. The van der Waals surface area contributed by atoms with Crippen LogP contribution in [0.2, 0.25) is 0 Å². The SMILES string of the molecule is Cc1cccc(S(=O)(=O)c2cnc(N)nc2N)c1. The molecule has 0 saturated heterocycles. The molecule has 0 unspecified atom stereocenters. The Balaban J connectivity index is 2.62. The van der Waals surface area contributed by atoms with Crippen LogP contribution in [0.15, 0.2) is 40.3 Å². The summed E-state index contributed by atoms with van der Waals surface area (Å²) in [6.07, 6.45) is 1.12. The van der Waals surface area contributed by atoms with Crippen molar-refractivity contribution in [3.63, 3.8) is 0 Å². The van der Waals surface area contributed by atoms with E-state index in [0.717, 1.165) is 11.8 Å². The van der Waals surface area contributed by atoms with Crippen LogP contribution in [0.25, 0.3) is 0 Å². The molecule has 18 heavy (non-hydrogen) atoms. The van der Waals surface area contributed by atoms with Crippen LogP contribution >= 0.6 is 0 Å². The third kappa shape index (κ3) is 2.12. The summed E-state index contributed by atoms with van der Waals surface area (Å²) in [5.74, 6) is -0.209. The van der Waals surface area contributed by atoms with E-state index in [1.807, 2.05) is 13.0 Å². The molecule has 2 rings (SSSR count). The van der Waals surface area contributed by atoms with Crippen LogP contribution in [-0.2, 0) is 9.84 Å². The van der Waals surface area contributed by atoms with Crippen molar-refractivity contribution < 1.29 is 8.42 Å². The first kappa shape index (κ1) is 12.3. The second kappa shape index (κ2) is 4.26. The topological polar surface area (TPSA) is 112 Å². The highest BCUT2D eigenvalue weighted by Gasteiger charge is 2.22. The van der Waals surface area contributed by atoms with Crippen LogP contribution in [0.1, 0.15) is 5.56 Å². The zero-order valence-electron chi connectivity index (χ0n) is 9.66. The summed E-state index contributed by atoms with van der Waals surface area (Å²) in [7, 11) is -3.71. The average molecular weight is 264 g/mol. The summed E-state index contributed by atoms with van der Waals surface area (Å²) in [5.41, 5.74) is 11.7. The van der Waals surface area contributed by atoms with Crippen LogP contribution in [0.5, 0.6) is 0 Å². The molecule has 2 aromatic rings. The second-order valence-corrected chi connectivity index (χ2v) is 5.72. The van der Waals surface area contributed by atoms with E-state index in [1.54, 1.807) is 12.1 Å². The van der Waals surface area contributed by atoms with Gasteiger partial charge in [0.15, 0.2) is 0 Å². The Morgan fingerprint density at radius 2 is 1.94 bits per heavy atom. The molecule has 0 bridgehead atoms. The molecule has 0 aliphatic rings. The van der Waals surface area contributed by atoms with E-state index < -0.39 is 9.84 Å². The number of hydrogen-bond acceptors (Lipinski definition) is 6. The molecule has 0 spiro atoms. The smallest absolute Gasteiger partial charge is 0.221 e. The van der Waals surface area contributed by atoms with Gasteiger partial charge in [0, 0.05) is 0 Å². The molecular weight excluding hydrogens is 252 g/mol. The van der Waals surface area contributed by atoms with E-state index in [0.29, 0.717) is 0 Å². The normalized spacial score (nSPS) is 11.4. The number of rotatable bonds is 2. The van der Waals surface area contributed by atoms with Crippen molar-refractivity contribution in [2.75, 3.05) is 11.5 Å². The van der Waals surface area contributed by atoms with Gasteiger partial charge in [-0.05, 0) is 24.6 Å². The molecule has 1 aromatic carbocycles. The highest BCUT2D eigenvalue weighted by atomic mass is 32.2. The van der Waals surface area contributed by atoms with Crippen LogP contribution in [0.3, 0.4) is 0 Å². The molecule has 1 aromatic heterocycles. The van der Waals surface area contributed by atoms with E-state index in [2.05, 4.69) is 9.97 Å². The zero-order chi connectivity index (χ0) is 13.3. The highest BCUT2D eigenvalue weighted by Crippen LogP contribution is 2.24. The van der Waals surface area contributed by atoms with Crippen LogP contribution in [-0.4, -0.2) is 18.4 Å². The minimum Gasteiger partial charge on any atom is -0.382 e. The summed E-state index contributed by atoms with van der Waals surface area (Å²) < 4.78 is 24.6. The van der Waals surface area contributed by atoms with Crippen molar-refractivity contribution in [3.05, 3.63) is 36.0 Å². The number of aromatic nitrogens is 2. The van der Waals surface area contributed by atoms with Crippen molar-refractivity contribution in [2.45, 2.75) is 16.7 Å². The summed E-state index contributed by atoms with van der Waals surface area (Å²) in [5, 5.41) is 0. The Hall–Kier alpha value is -2.15. The lowest BCUT2D eigenvalue weighted by Gasteiger charge is -2.07. The van der Waals surface area contributed by atoms with E-state index >= 15 is 0 Å². The van der Waals surface area contributed by atoms with Crippen molar-refractivity contribution in [3.8, 4) is 0 Å². The standard InChI is InChI=1S/C11H12N4O2S/c1-7-3-2-4-8(5-7)18(16,17)9-6-14-11(13)15-10(9)12/h2-6H,1H3,(H4,12,13,14,15). The minimum atomic E-state index is -3.71. The summed E-state index contributed by atoms with van der Waals surface area (Å²) in [6.45, 7) is 1.81. The molecule has 0 amide bonds. The molecule has 6 nitrogen and oxygen atoms in total. The van der Waals surface area contributed by atoms with Crippen LogP contribution < -0.4 is 11.5 Å². The van der Waals surface area contributed by atoms with Crippen molar-refractivity contribution >= 4 is 21.6 Å². The van der Waals surface area contributed by atoms with Crippen molar-refractivity contribution in [1.82, 2.24) is 9.97 Å². The third-order valence-corrected chi connectivity index (χ3v) is 4.16. The van der Waals surface area contributed by atoms with E-state index in [9.17, 15) is 8.42 Å². The monoisotopic (exact) mass is 264 g/mol. The number of nitrogens with zero attached hydrogens (tertiary/aromatic N) is 2. The maximum Gasteiger partial charge on any atom is 0.221 e. The number of nitrogens with two attached hydrogens (primary N) is 2. The number of anilines is 2. The van der Waals surface area contributed by atoms with Crippen molar-refractivity contribution in [2.24, 2.45) is 0 Å². The van der Waals surface area contributed by atoms with E-state index in [4.69, 9.17) is 11.5 Å². The molecule has 0 aliphatic heterocycles. The van der Waals surface area contributed by atoms with Gasteiger partial charge in [-0.3, -0.25) is 0 Å². The second-order valence-electron chi connectivity index (χ2n) is 3.80. The lowest BCUT2D eigenvalue weighted by Crippen LogP contribution is -2.09. The van der Waals surface area contributed by atoms with Gasteiger partial charge < -0.3 is 11.5 Å². The number of nitrogen functional groups attached to an aromatic ring is 2. The van der Waals surface area contributed by atoms with Gasteiger partial charge in [-0.1, -0.05) is 12.1 Å². The molecule has 1 heterocycles. The fraction of sp³-hybridized carbons (Fsp3) is 0.0909. The zero-order valence-corrected chi connectivity index (χ0v) is 10.5. The molecule has 94 valence electrons. The Bertz CT molecular complexity index is 698. The molecule has 0 atom stereocenters. The molecule has 0 fully saturated rings. The largest absolute Gasteiger partial charge is 0.382 e. The van der Waals surface area contributed by atoms with Gasteiger partial charge in [0.05, 0.1) is 11.1 Å². The Morgan fingerprint density at radius 1 is 1.22 bits per heavy atom. The third-order valence-electron chi connectivity index (χ3n) is 2.39. The lowest BCUT2D eigenvalue weighted by atomic mass is 10.2. The molecule has 0 radical (unpaired) electrons. The first-order valence-corrected chi connectivity index (χ1v) is 6.59. The number of aryl methyl sites for hydroxylation is 1. The van der Waals surface area contributed by atoms with Crippen molar-refractivity contribution in [1.29, 1.82) is 0 Å². The van der Waals surface area contributed by atoms with Gasteiger partial charge >= 0.3 is 0 Å². The number of hydrogen-bond donors (Lipinski definition) is 2. The summed E-state index contributed by atoms with van der Waals surface area (Å²) in [4.78, 5) is 7.33. The molecule has 0 aliphatic carbocycles. The Morgan fingerprint density at radius 3 is 2.56 bits per heavy atom. The van der Waals surface area contributed by atoms with E-state index in [1.165, 1.54) is 6.07 Å². The van der Waals surface area contributed by atoms with E-state index in [-0.39, 0.29) is 21.6 Å². The summed E-state index contributed by atoms with van der Waals surface area (Å²) in [6, 6.07) is 6.53. The first-order valence-electron chi connectivity index (χ1n) is 5.11. The Kier molecular flexibility index (Phi) is 2.92. The van der Waals surface area contributed by atoms with Gasteiger partial charge in [-0.15, -0.1) is 0 Å².